The van der Waals surface area contributed by atoms with E-state index in [1.807, 2.05) is 0 Å². The van der Waals surface area contributed by atoms with Crippen LogP contribution >= 0.6 is 0 Å². The summed E-state index contributed by atoms with van der Waals surface area (Å²) in [5.74, 6) is 1.01. The first-order chi connectivity index (χ1) is 9.42. The van der Waals surface area contributed by atoms with Crippen LogP contribution < -0.4 is 10.1 Å². The molecule has 1 aromatic carbocycles. The minimum absolute atomic E-state index is 0.200. The Bertz CT molecular complexity index is 398. The van der Waals surface area contributed by atoms with Gasteiger partial charge in [0.15, 0.2) is 0 Å². The first-order valence-electron chi connectivity index (χ1n) is 7.91. The van der Waals surface area contributed by atoms with E-state index in [2.05, 4.69) is 71.1 Å². The van der Waals surface area contributed by atoms with Gasteiger partial charge in [-0.2, -0.15) is 0 Å². The molecule has 0 aromatic heterocycles. The third-order valence-corrected chi connectivity index (χ3v) is 3.88. The van der Waals surface area contributed by atoms with Crippen molar-refractivity contribution in [1.29, 1.82) is 0 Å². The van der Waals surface area contributed by atoms with Gasteiger partial charge < -0.3 is 10.1 Å². The molecule has 0 aliphatic carbocycles. The molecular formula is C18H31NO. The zero-order valence-corrected chi connectivity index (χ0v) is 14.0. The van der Waals surface area contributed by atoms with E-state index in [4.69, 9.17) is 4.74 Å². The number of ether oxygens (including phenoxy) is 1. The standard InChI is InChI=1S/C18H31NO/c1-7-13-19-17(18(5,6)8-2)15-11-9-10-12-16(15)20-14(3)4/h9-12,14,17,19H,7-8,13H2,1-6H3. The number of hydrogen-bond acceptors (Lipinski definition) is 2. The van der Waals surface area contributed by atoms with Crippen LogP contribution in [0.4, 0.5) is 0 Å². The summed E-state index contributed by atoms with van der Waals surface area (Å²) in [5.41, 5.74) is 1.48. The molecule has 0 heterocycles. The highest BCUT2D eigenvalue weighted by Gasteiger charge is 2.30. The summed E-state index contributed by atoms with van der Waals surface area (Å²) in [6.07, 6.45) is 2.47. The molecule has 0 fully saturated rings. The normalized spacial score (nSPS) is 13.6. The highest BCUT2D eigenvalue weighted by atomic mass is 16.5. The minimum atomic E-state index is 0.200. The van der Waals surface area contributed by atoms with E-state index >= 15 is 0 Å². The van der Waals surface area contributed by atoms with Crippen molar-refractivity contribution in [3.8, 4) is 5.75 Å². The van der Waals surface area contributed by atoms with Crippen molar-refractivity contribution >= 4 is 0 Å². The Morgan fingerprint density at radius 3 is 2.35 bits per heavy atom. The van der Waals surface area contributed by atoms with E-state index in [0.717, 1.165) is 25.1 Å². The molecule has 0 aliphatic rings. The predicted molar refractivity (Wildman–Crippen MR) is 87.3 cm³/mol. The quantitative estimate of drug-likeness (QED) is 0.726. The maximum Gasteiger partial charge on any atom is 0.124 e. The third-order valence-electron chi connectivity index (χ3n) is 3.88. The van der Waals surface area contributed by atoms with Gasteiger partial charge in [-0.1, -0.05) is 45.9 Å². The summed E-state index contributed by atoms with van der Waals surface area (Å²) >= 11 is 0. The molecule has 0 radical (unpaired) electrons. The lowest BCUT2D eigenvalue weighted by atomic mass is 9.78. The van der Waals surface area contributed by atoms with E-state index in [-0.39, 0.29) is 11.5 Å². The van der Waals surface area contributed by atoms with Gasteiger partial charge in [0, 0.05) is 11.6 Å². The molecule has 2 nitrogen and oxygen atoms in total. The van der Waals surface area contributed by atoms with Crippen molar-refractivity contribution in [2.45, 2.75) is 66.5 Å². The fraction of sp³-hybridized carbons (Fsp3) is 0.667. The Kier molecular flexibility index (Phi) is 6.54. The Balaban J connectivity index is 3.12. The Morgan fingerprint density at radius 1 is 1.15 bits per heavy atom. The summed E-state index contributed by atoms with van der Waals surface area (Å²) in [6.45, 7) is 14.3. The highest BCUT2D eigenvalue weighted by molar-refractivity contribution is 5.37. The highest BCUT2D eigenvalue weighted by Crippen LogP contribution is 2.40. The Labute approximate surface area is 124 Å². The van der Waals surface area contributed by atoms with Gasteiger partial charge in [-0.25, -0.2) is 0 Å². The molecule has 0 spiro atoms. The molecular weight excluding hydrogens is 246 g/mol. The fourth-order valence-corrected chi connectivity index (χ4v) is 2.38. The number of hydrogen-bond donors (Lipinski definition) is 1. The lowest BCUT2D eigenvalue weighted by molar-refractivity contribution is 0.208. The van der Waals surface area contributed by atoms with Gasteiger partial charge >= 0.3 is 0 Å². The zero-order chi connectivity index (χ0) is 15.2. The van der Waals surface area contributed by atoms with Crippen LogP contribution in [-0.2, 0) is 0 Å². The van der Waals surface area contributed by atoms with Gasteiger partial charge in [-0.15, -0.1) is 0 Å². The molecule has 0 saturated carbocycles. The number of para-hydroxylation sites is 1. The monoisotopic (exact) mass is 277 g/mol. The van der Waals surface area contributed by atoms with Crippen LogP contribution in [-0.4, -0.2) is 12.6 Å². The summed E-state index contributed by atoms with van der Waals surface area (Å²) in [6, 6.07) is 8.76. The Morgan fingerprint density at radius 2 is 1.80 bits per heavy atom. The van der Waals surface area contributed by atoms with E-state index in [0.29, 0.717) is 6.04 Å². The van der Waals surface area contributed by atoms with Crippen molar-refractivity contribution in [3.63, 3.8) is 0 Å². The smallest absolute Gasteiger partial charge is 0.124 e. The number of nitrogens with one attached hydrogen (secondary N) is 1. The van der Waals surface area contributed by atoms with Gasteiger partial charge in [0.1, 0.15) is 5.75 Å². The van der Waals surface area contributed by atoms with Gasteiger partial charge in [0.2, 0.25) is 0 Å². The maximum absolute atomic E-state index is 6.01. The predicted octanol–water partition coefficient (Wildman–Crippen LogP) is 4.95. The molecule has 1 N–H and O–H groups in total. The number of rotatable bonds is 8. The first-order valence-corrected chi connectivity index (χ1v) is 7.91. The molecule has 0 bridgehead atoms. The van der Waals surface area contributed by atoms with E-state index in [1.54, 1.807) is 0 Å². The molecule has 0 amide bonds. The van der Waals surface area contributed by atoms with Crippen molar-refractivity contribution in [3.05, 3.63) is 29.8 Å². The lowest BCUT2D eigenvalue weighted by Crippen LogP contribution is -2.35. The van der Waals surface area contributed by atoms with Crippen molar-refractivity contribution in [1.82, 2.24) is 5.32 Å². The lowest BCUT2D eigenvalue weighted by Gasteiger charge is -2.36. The van der Waals surface area contributed by atoms with Crippen LogP contribution in [0.5, 0.6) is 5.75 Å². The second-order valence-corrected chi connectivity index (χ2v) is 6.43. The largest absolute Gasteiger partial charge is 0.491 e. The summed E-state index contributed by atoms with van der Waals surface area (Å²) in [7, 11) is 0. The van der Waals surface area contributed by atoms with E-state index in [1.165, 1.54) is 5.56 Å². The molecule has 1 unspecified atom stereocenters. The summed E-state index contributed by atoms with van der Waals surface area (Å²) < 4.78 is 6.01. The van der Waals surface area contributed by atoms with E-state index < -0.39 is 0 Å². The third kappa shape index (κ3) is 4.52. The van der Waals surface area contributed by atoms with Crippen molar-refractivity contribution in [2.75, 3.05) is 6.54 Å². The molecule has 0 saturated heterocycles. The molecule has 2 heteroatoms. The second-order valence-electron chi connectivity index (χ2n) is 6.43. The molecule has 1 rings (SSSR count). The van der Waals surface area contributed by atoms with Crippen LogP contribution in [0.25, 0.3) is 0 Å². The molecule has 1 atom stereocenters. The number of benzene rings is 1. The molecule has 1 aromatic rings. The first kappa shape index (κ1) is 17.0. The van der Waals surface area contributed by atoms with Gasteiger partial charge in [-0.05, 0) is 44.7 Å². The van der Waals surface area contributed by atoms with Crippen LogP contribution in [0.15, 0.2) is 24.3 Å². The van der Waals surface area contributed by atoms with Crippen LogP contribution in [0.3, 0.4) is 0 Å². The van der Waals surface area contributed by atoms with E-state index in [9.17, 15) is 0 Å². The molecule has 114 valence electrons. The maximum atomic E-state index is 6.01. The molecule has 20 heavy (non-hydrogen) atoms. The van der Waals surface area contributed by atoms with Crippen LogP contribution in [0.2, 0.25) is 0 Å². The zero-order valence-electron chi connectivity index (χ0n) is 14.0. The second kappa shape index (κ2) is 7.68. The van der Waals surface area contributed by atoms with Crippen LogP contribution in [0.1, 0.15) is 66.0 Å². The minimum Gasteiger partial charge on any atom is -0.491 e. The average Bonchev–Trinajstić information content (AvgIpc) is 2.40. The van der Waals surface area contributed by atoms with Gasteiger partial charge in [0.05, 0.1) is 6.10 Å². The molecule has 0 aliphatic heterocycles. The topological polar surface area (TPSA) is 21.3 Å². The fourth-order valence-electron chi connectivity index (χ4n) is 2.38. The van der Waals surface area contributed by atoms with Crippen molar-refractivity contribution in [2.24, 2.45) is 5.41 Å². The summed E-state index contributed by atoms with van der Waals surface area (Å²) in [5, 5.41) is 3.71. The van der Waals surface area contributed by atoms with Crippen LogP contribution in [0, 0.1) is 5.41 Å². The van der Waals surface area contributed by atoms with Crippen molar-refractivity contribution < 1.29 is 4.74 Å². The average molecular weight is 277 g/mol. The Hall–Kier alpha value is -1.02. The van der Waals surface area contributed by atoms with Gasteiger partial charge in [-0.3, -0.25) is 0 Å². The summed E-state index contributed by atoms with van der Waals surface area (Å²) in [4.78, 5) is 0. The van der Waals surface area contributed by atoms with Gasteiger partial charge in [0.25, 0.3) is 0 Å². The SMILES string of the molecule is CCCNC(c1ccccc1OC(C)C)C(C)(C)CC.